The summed E-state index contributed by atoms with van der Waals surface area (Å²) in [5.41, 5.74) is 1.48. The summed E-state index contributed by atoms with van der Waals surface area (Å²) in [5.74, 6) is 0.185. The molecule has 21 heavy (non-hydrogen) atoms. The SMILES string of the molecule is CCCNc1cc(CCC)nc(-c2ccc(O)c(F)c2)n1. The van der Waals surface area contributed by atoms with Gasteiger partial charge in [-0.2, -0.15) is 0 Å². The van der Waals surface area contributed by atoms with E-state index in [0.29, 0.717) is 11.4 Å². The van der Waals surface area contributed by atoms with Crippen LogP contribution in [-0.2, 0) is 6.42 Å². The third kappa shape index (κ3) is 3.90. The van der Waals surface area contributed by atoms with Crippen molar-refractivity contribution in [3.8, 4) is 17.1 Å². The standard InChI is InChI=1S/C16H20FN3O/c1-3-5-12-10-15(18-8-4-2)20-16(19-12)11-6-7-14(21)13(17)9-11/h6-7,9-10,21H,3-5,8H2,1-2H3,(H,18,19,20). The number of hydrogen-bond acceptors (Lipinski definition) is 4. The van der Waals surface area contributed by atoms with Gasteiger partial charge in [-0.1, -0.05) is 20.3 Å². The molecule has 2 N–H and O–H groups in total. The molecule has 112 valence electrons. The summed E-state index contributed by atoms with van der Waals surface area (Å²) in [5, 5.41) is 12.5. The maximum absolute atomic E-state index is 13.5. The first-order valence-corrected chi connectivity index (χ1v) is 7.24. The van der Waals surface area contributed by atoms with Crippen LogP contribution in [0.25, 0.3) is 11.4 Å². The molecule has 1 aromatic carbocycles. The Kier molecular flexibility index (Phi) is 5.09. The molecule has 2 rings (SSSR count). The maximum atomic E-state index is 13.5. The van der Waals surface area contributed by atoms with Gasteiger partial charge in [-0.15, -0.1) is 0 Å². The van der Waals surface area contributed by atoms with Gasteiger partial charge in [-0.3, -0.25) is 0 Å². The van der Waals surface area contributed by atoms with Gasteiger partial charge in [0.25, 0.3) is 0 Å². The lowest BCUT2D eigenvalue weighted by Crippen LogP contribution is -2.05. The second-order valence-corrected chi connectivity index (χ2v) is 4.91. The van der Waals surface area contributed by atoms with E-state index < -0.39 is 5.82 Å². The zero-order chi connectivity index (χ0) is 15.2. The van der Waals surface area contributed by atoms with E-state index in [2.05, 4.69) is 29.1 Å². The van der Waals surface area contributed by atoms with Crippen LogP contribution in [0.5, 0.6) is 5.75 Å². The summed E-state index contributed by atoms with van der Waals surface area (Å²) in [4.78, 5) is 8.90. The van der Waals surface area contributed by atoms with E-state index in [1.165, 1.54) is 12.1 Å². The van der Waals surface area contributed by atoms with E-state index in [1.807, 2.05) is 6.07 Å². The van der Waals surface area contributed by atoms with E-state index in [4.69, 9.17) is 0 Å². The smallest absolute Gasteiger partial charge is 0.165 e. The van der Waals surface area contributed by atoms with Gasteiger partial charge < -0.3 is 10.4 Å². The van der Waals surface area contributed by atoms with E-state index in [9.17, 15) is 9.50 Å². The first-order valence-electron chi connectivity index (χ1n) is 7.24. The molecule has 0 radical (unpaired) electrons. The molecular weight excluding hydrogens is 269 g/mol. The van der Waals surface area contributed by atoms with Gasteiger partial charge in [0, 0.05) is 23.9 Å². The van der Waals surface area contributed by atoms with Crippen LogP contribution >= 0.6 is 0 Å². The van der Waals surface area contributed by atoms with Crippen LogP contribution in [0.4, 0.5) is 10.2 Å². The van der Waals surface area contributed by atoms with Crippen molar-refractivity contribution < 1.29 is 9.50 Å². The highest BCUT2D eigenvalue weighted by atomic mass is 19.1. The molecule has 0 atom stereocenters. The first kappa shape index (κ1) is 15.2. The normalized spacial score (nSPS) is 10.6. The van der Waals surface area contributed by atoms with Gasteiger partial charge in [0.15, 0.2) is 17.4 Å². The number of aromatic nitrogens is 2. The van der Waals surface area contributed by atoms with Gasteiger partial charge in [-0.05, 0) is 31.0 Å². The minimum atomic E-state index is -0.667. The van der Waals surface area contributed by atoms with Crippen LogP contribution in [0, 0.1) is 5.82 Å². The van der Waals surface area contributed by atoms with Crippen molar-refractivity contribution in [3.63, 3.8) is 0 Å². The highest BCUT2D eigenvalue weighted by molar-refractivity contribution is 5.59. The predicted molar refractivity (Wildman–Crippen MR) is 81.9 cm³/mol. The minimum Gasteiger partial charge on any atom is -0.505 e. The topological polar surface area (TPSA) is 58.0 Å². The van der Waals surface area contributed by atoms with Gasteiger partial charge in [0.2, 0.25) is 0 Å². The zero-order valence-corrected chi connectivity index (χ0v) is 12.4. The Bertz CT molecular complexity index is 616. The molecule has 4 nitrogen and oxygen atoms in total. The lowest BCUT2D eigenvalue weighted by molar-refractivity contribution is 0.432. The fourth-order valence-corrected chi connectivity index (χ4v) is 2.00. The Morgan fingerprint density at radius 2 is 1.95 bits per heavy atom. The van der Waals surface area contributed by atoms with Crippen molar-refractivity contribution >= 4 is 5.82 Å². The van der Waals surface area contributed by atoms with Gasteiger partial charge >= 0.3 is 0 Å². The third-order valence-electron chi connectivity index (χ3n) is 3.05. The molecule has 2 aromatic rings. The lowest BCUT2D eigenvalue weighted by atomic mass is 10.1. The predicted octanol–water partition coefficient (Wildman–Crippen LogP) is 3.76. The van der Waals surface area contributed by atoms with E-state index in [0.717, 1.165) is 37.3 Å². The number of benzene rings is 1. The van der Waals surface area contributed by atoms with Crippen molar-refractivity contribution in [2.45, 2.75) is 33.1 Å². The van der Waals surface area contributed by atoms with Gasteiger partial charge in [0.1, 0.15) is 5.82 Å². The van der Waals surface area contributed by atoms with E-state index in [1.54, 1.807) is 6.07 Å². The van der Waals surface area contributed by atoms with Crippen molar-refractivity contribution in [2.24, 2.45) is 0 Å². The largest absolute Gasteiger partial charge is 0.505 e. The summed E-state index contributed by atoms with van der Waals surface area (Å²) in [6, 6.07) is 6.12. The molecular formula is C16H20FN3O. The summed E-state index contributed by atoms with van der Waals surface area (Å²) in [6.45, 7) is 4.99. The molecule has 5 heteroatoms. The van der Waals surface area contributed by atoms with Gasteiger partial charge in [-0.25, -0.2) is 14.4 Å². The molecule has 1 heterocycles. The van der Waals surface area contributed by atoms with Gasteiger partial charge in [0.05, 0.1) is 0 Å². The Morgan fingerprint density at radius 3 is 2.62 bits per heavy atom. The first-order chi connectivity index (χ1) is 10.1. The highest BCUT2D eigenvalue weighted by Gasteiger charge is 2.09. The second-order valence-electron chi connectivity index (χ2n) is 4.91. The Hall–Kier alpha value is -2.17. The summed E-state index contributed by atoms with van der Waals surface area (Å²) >= 11 is 0. The van der Waals surface area contributed by atoms with Crippen molar-refractivity contribution in [1.29, 1.82) is 0 Å². The average molecular weight is 289 g/mol. The van der Waals surface area contributed by atoms with Crippen LogP contribution < -0.4 is 5.32 Å². The number of phenolic OH excluding ortho intramolecular Hbond substituents is 1. The van der Waals surface area contributed by atoms with Crippen LogP contribution in [0.2, 0.25) is 0 Å². The molecule has 0 saturated carbocycles. The monoisotopic (exact) mass is 289 g/mol. The zero-order valence-electron chi connectivity index (χ0n) is 12.4. The van der Waals surface area contributed by atoms with E-state index in [-0.39, 0.29) is 5.75 Å². The van der Waals surface area contributed by atoms with Crippen LogP contribution in [-0.4, -0.2) is 21.6 Å². The van der Waals surface area contributed by atoms with E-state index >= 15 is 0 Å². The van der Waals surface area contributed by atoms with Crippen molar-refractivity contribution in [1.82, 2.24) is 9.97 Å². The summed E-state index contributed by atoms with van der Waals surface area (Å²) in [7, 11) is 0. The van der Waals surface area contributed by atoms with Crippen LogP contribution in [0.3, 0.4) is 0 Å². The number of aryl methyl sites for hydroxylation is 1. The third-order valence-corrected chi connectivity index (χ3v) is 3.05. The molecule has 0 aliphatic rings. The Morgan fingerprint density at radius 1 is 1.14 bits per heavy atom. The molecule has 1 aromatic heterocycles. The minimum absolute atomic E-state index is 0.368. The molecule has 0 amide bonds. The fourth-order valence-electron chi connectivity index (χ4n) is 2.00. The molecule has 0 aliphatic carbocycles. The number of nitrogens with one attached hydrogen (secondary N) is 1. The molecule has 0 fully saturated rings. The molecule has 0 aliphatic heterocycles. The van der Waals surface area contributed by atoms with Crippen LogP contribution in [0.15, 0.2) is 24.3 Å². The van der Waals surface area contributed by atoms with Crippen molar-refractivity contribution in [3.05, 3.63) is 35.8 Å². The number of hydrogen-bond donors (Lipinski definition) is 2. The highest BCUT2D eigenvalue weighted by Crippen LogP contribution is 2.24. The fraction of sp³-hybridized carbons (Fsp3) is 0.375. The number of nitrogens with zero attached hydrogens (tertiary/aromatic N) is 2. The summed E-state index contributed by atoms with van der Waals surface area (Å²) < 4.78 is 13.5. The number of phenols is 1. The Balaban J connectivity index is 2.40. The Labute approximate surface area is 124 Å². The maximum Gasteiger partial charge on any atom is 0.165 e. The van der Waals surface area contributed by atoms with Crippen molar-refractivity contribution in [2.75, 3.05) is 11.9 Å². The lowest BCUT2D eigenvalue weighted by Gasteiger charge is -2.09. The molecule has 0 unspecified atom stereocenters. The molecule has 0 saturated heterocycles. The average Bonchev–Trinajstić information content (AvgIpc) is 2.48. The molecule has 0 spiro atoms. The van der Waals surface area contributed by atoms with Crippen LogP contribution in [0.1, 0.15) is 32.4 Å². The second kappa shape index (κ2) is 7.02. The summed E-state index contributed by atoms with van der Waals surface area (Å²) in [6.07, 6.45) is 2.82. The quantitative estimate of drug-likeness (QED) is 0.850. The number of aromatic hydroxyl groups is 1. The number of halogens is 1. The number of rotatable bonds is 6. The molecule has 0 bridgehead atoms. The number of anilines is 1.